The van der Waals surface area contributed by atoms with Crippen molar-refractivity contribution in [2.24, 2.45) is 5.41 Å². The second-order valence-corrected chi connectivity index (χ2v) is 5.94. The van der Waals surface area contributed by atoms with Gasteiger partial charge in [0.15, 0.2) is 0 Å². The van der Waals surface area contributed by atoms with Crippen molar-refractivity contribution in [1.82, 2.24) is 5.32 Å². The number of amides is 1. The highest BCUT2D eigenvalue weighted by Crippen LogP contribution is 2.22. The van der Waals surface area contributed by atoms with E-state index in [1.165, 1.54) is 5.56 Å². The van der Waals surface area contributed by atoms with Gasteiger partial charge in [0, 0.05) is 12.0 Å². The van der Waals surface area contributed by atoms with Gasteiger partial charge in [0.25, 0.3) is 0 Å². The minimum atomic E-state index is -0.330. The van der Waals surface area contributed by atoms with E-state index in [-0.39, 0.29) is 16.1 Å². The quantitative estimate of drug-likeness (QED) is 0.848. The van der Waals surface area contributed by atoms with Crippen LogP contribution in [0.25, 0.3) is 0 Å². The van der Waals surface area contributed by atoms with Gasteiger partial charge in [-0.15, -0.1) is 0 Å². The Morgan fingerprint density at radius 1 is 1.31 bits per heavy atom. The van der Waals surface area contributed by atoms with Gasteiger partial charge in [-0.05, 0) is 5.56 Å². The molecule has 0 aliphatic rings. The van der Waals surface area contributed by atoms with Crippen LogP contribution in [0, 0.1) is 5.41 Å². The molecule has 1 atom stereocenters. The fraction of sp³-hybridized carbons (Fsp3) is 0.462. The third-order valence-electron chi connectivity index (χ3n) is 2.28. The molecule has 0 aromatic heterocycles. The molecule has 0 fully saturated rings. The molecule has 0 spiro atoms. The molecule has 0 radical (unpaired) electrons. The monoisotopic (exact) mass is 283 g/mol. The average Bonchev–Trinajstić information content (AvgIpc) is 2.25. The molecule has 0 aliphatic heterocycles. The summed E-state index contributed by atoms with van der Waals surface area (Å²) in [5, 5.41) is 2.94. The zero-order chi connectivity index (χ0) is 12.2. The largest absolute Gasteiger partial charge is 0.354 e. The van der Waals surface area contributed by atoms with Crippen LogP contribution in [0.4, 0.5) is 0 Å². The van der Waals surface area contributed by atoms with Gasteiger partial charge in [-0.1, -0.05) is 67.0 Å². The molecular formula is C13H18BrNO. The van der Waals surface area contributed by atoms with Crippen LogP contribution >= 0.6 is 15.9 Å². The summed E-state index contributed by atoms with van der Waals surface area (Å²) in [6.45, 7) is 6.34. The van der Waals surface area contributed by atoms with E-state index in [9.17, 15) is 4.79 Å². The summed E-state index contributed by atoms with van der Waals surface area (Å²) in [6.07, 6.45) is 0. The Labute approximate surface area is 106 Å². The first-order chi connectivity index (χ1) is 7.41. The summed E-state index contributed by atoms with van der Waals surface area (Å²) >= 11 is 3.57. The van der Waals surface area contributed by atoms with E-state index in [4.69, 9.17) is 0 Å². The van der Waals surface area contributed by atoms with Crippen LogP contribution in [0.3, 0.4) is 0 Å². The lowest BCUT2D eigenvalue weighted by Crippen LogP contribution is -2.36. The van der Waals surface area contributed by atoms with Crippen molar-refractivity contribution in [3.05, 3.63) is 35.9 Å². The van der Waals surface area contributed by atoms with E-state index >= 15 is 0 Å². The molecule has 16 heavy (non-hydrogen) atoms. The Morgan fingerprint density at radius 3 is 2.38 bits per heavy atom. The molecule has 0 bridgehead atoms. The summed E-state index contributed by atoms with van der Waals surface area (Å²) < 4.78 is 0. The fourth-order valence-corrected chi connectivity index (χ4v) is 1.69. The van der Waals surface area contributed by atoms with Crippen molar-refractivity contribution in [2.45, 2.75) is 25.6 Å². The maximum absolute atomic E-state index is 11.7. The van der Waals surface area contributed by atoms with Crippen LogP contribution in [-0.4, -0.2) is 12.5 Å². The highest BCUT2D eigenvalue weighted by atomic mass is 79.9. The highest BCUT2D eigenvalue weighted by Gasteiger charge is 2.21. The van der Waals surface area contributed by atoms with E-state index in [1.807, 2.05) is 51.1 Å². The number of nitrogens with one attached hydrogen (secondary N) is 1. The predicted octanol–water partition coefficient (Wildman–Crippen LogP) is 3.28. The summed E-state index contributed by atoms with van der Waals surface area (Å²) in [4.78, 5) is 11.8. The van der Waals surface area contributed by atoms with Crippen LogP contribution in [0.2, 0.25) is 0 Å². The number of halogens is 1. The number of hydrogen-bond acceptors (Lipinski definition) is 1. The van der Waals surface area contributed by atoms with E-state index < -0.39 is 0 Å². The number of carbonyl (C=O) groups excluding carboxylic acids is 1. The molecule has 1 amide bonds. The lowest BCUT2D eigenvalue weighted by atomic mass is 9.95. The first-order valence-electron chi connectivity index (χ1n) is 5.38. The number of alkyl halides is 1. The van der Waals surface area contributed by atoms with Crippen LogP contribution in [0.1, 0.15) is 31.2 Å². The molecule has 88 valence electrons. The molecule has 0 aliphatic carbocycles. The van der Waals surface area contributed by atoms with Crippen LogP contribution in [0.15, 0.2) is 30.3 Å². The third kappa shape index (κ3) is 3.97. The van der Waals surface area contributed by atoms with Gasteiger partial charge < -0.3 is 5.32 Å². The Balaban J connectivity index is 2.48. The van der Waals surface area contributed by atoms with Gasteiger partial charge in [-0.3, -0.25) is 4.79 Å². The molecule has 0 heterocycles. The summed E-state index contributed by atoms with van der Waals surface area (Å²) in [5.41, 5.74) is 0.848. The average molecular weight is 284 g/mol. The smallest absolute Gasteiger partial charge is 0.225 e. The summed E-state index contributed by atoms with van der Waals surface area (Å²) in [6, 6.07) is 10.1. The van der Waals surface area contributed by atoms with E-state index in [2.05, 4.69) is 21.2 Å². The molecule has 1 aromatic carbocycles. The van der Waals surface area contributed by atoms with Gasteiger partial charge in [0.05, 0.1) is 4.83 Å². The van der Waals surface area contributed by atoms with Crippen molar-refractivity contribution >= 4 is 21.8 Å². The predicted molar refractivity (Wildman–Crippen MR) is 70.6 cm³/mol. The van der Waals surface area contributed by atoms with Gasteiger partial charge in [-0.25, -0.2) is 0 Å². The van der Waals surface area contributed by atoms with E-state index in [1.54, 1.807) is 0 Å². The van der Waals surface area contributed by atoms with Crippen LogP contribution in [0.5, 0.6) is 0 Å². The van der Waals surface area contributed by atoms with Crippen LogP contribution in [-0.2, 0) is 4.79 Å². The molecule has 1 N–H and O–H groups in total. The Morgan fingerprint density at radius 2 is 1.88 bits per heavy atom. The molecular weight excluding hydrogens is 266 g/mol. The maximum Gasteiger partial charge on any atom is 0.225 e. The van der Waals surface area contributed by atoms with Gasteiger partial charge in [-0.2, -0.15) is 0 Å². The Hall–Kier alpha value is -0.830. The molecule has 0 saturated carbocycles. The van der Waals surface area contributed by atoms with Crippen LogP contribution < -0.4 is 5.32 Å². The van der Waals surface area contributed by atoms with E-state index in [0.717, 1.165) is 0 Å². The second kappa shape index (κ2) is 5.48. The Kier molecular flexibility index (Phi) is 4.54. The normalized spacial score (nSPS) is 13.2. The molecule has 1 aromatic rings. The molecule has 1 unspecified atom stereocenters. The number of hydrogen-bond donors (Lipinski definition) is 1. The van der Waals surface area contributed by atoms with Crippen molar-refractivity contribution in [2.75, 3.05) is 6.54 Å². The second-order valence-electron chi connectivity index (χ2n) is 4.84. The van der Waals surface area contributed by atoms with Gasteiger partial charge in [0.2, 0.25) is 5.91 Å². The van der Waals surface area contributed by atoms with Crippen molar-refractivity contribution in [3.8, 4) is 0 Å². The van der Waals surface area contributed by atoms with E-state index in [0.29, 0.717) is 6.54 Å². The number of benzene rings is 1. The minimum Gasteiger partial charge on any atom is -0.354 e. The summed E-state index contributed by atoms with van der Waals surface area (Å²) in [7, 11) is 0. The highest BCUT2D eigenvalue weighted by molar-refractivity contribution is 9.09. The lowest BCUT2D eigenvalue weighted by molar-refractivity contribution is -0.128. The first-order valence-corrected chi connectivity index (χ1v) is 6.30. The maximum atomic E-state index is 11.7. The summed E-state index contributed by atoms with van der Waals surface area (Å²) in [5.74, 6) is 0.0767. The third-order valence-corrected chi connectivity index (χ3v) is 3.14. The van der Waals surface area contributed by atoms with Crippen molar-refractivity contribution < 1.29 is 4.79 Å². The molecule has 0 saturated heterocycles. The lowest BCUT2D eigenvalue weighted by Gasteiger charge is -2.19. The fourth-order valence-electron chi connectivity index (χ4n) is 1.23. The standard InChI is InChI=1S/C13H18BrNO/c1-13(2,3)12(16)15-9-11(14)10-7-5-4-6-8-10/h4-8,11H,9H2,1-3H3,(H,15,16). The minimum absolute atomic E-state index is 0.0767. The van der Waals surface area contributed by atoms with Gasteiger partial charge in [0.1, 0.15) is 0 Å². The first kappa shape index (κ1) is 13.2. The SMILES string of the molecule is CC(C)(C)C(=O)NCC(Br)c1ccccc1. The topological polar surface area (TPSA) is 29.1 Å². The Bertz CT molecular complexity index is 343. The number of carbonyl (C=O) groups is 1. The zero-order valence-electron chi connectivity index (χ0n) is 9.96. The van der Waals surface area contributed by atoms with Crippen molar-refractivity contribution in [1.29, 1.82) is 0 Å². The number of rotatable bonds is 3. The molecule has 3 heteroatoms. The molecule has 2 nitrogen and oxygen atoms in total. The molecule has 1 rings (SSSR count). The van der Waals surface area contributed by atoms with Gasteiger partial charge >= 0.3 is 0 Å². The van der Waals surface area contributed by atoms with Crippen molar-refractivity contribution in [3.63, 3.8) is 0 Å². The zero-order valence-corrected chi connectivity index (χ0v) is 11.5.